The third-order valence-corrected chi connectivity index (χ3v) is 1.31. The molecule has 0 saturated carbocycles. The van der Waals surface area contributed by atoms with Gasteiger partial charge in [-0.3, -0.25) is 0 Å². The van der Waals surface area contributed by atoms with Crippen molar-refractivity contribution in [1.82, 2.24) is 0 Å². The zero-order valence-corrected chi connectivity index (χ0v) is 8.24. The van der Waals surface area contributed by atoms with Crippen LogP contribution in [-0.2, 0) is 5.88 Å². The second kappa shape index (κ2) is 7.03. The second-order valence-corrected chi connectivity index (χ2v) is 2.88. The minimum absolute atomic E-state index is 0.250. The van der Waals surface area contributed by atoms with E-state index in [0.717, 1.165) is 0 Å². The SMILES string of the molecule is ClCc1ccccc1.NC([NH3+])=S. The normalized spacial score (nSPS) is 8.17. The lowest BCUT2D eigenvalue weighted by Crippen LogP contribution is -2.60. The van der Waals surface area contributed by atoms with Crippen LogP contribution in [-0.4, -0.2) is 5.11 Å². The Morgan fingerprint density at radius 3 is 2.08 bits per heavy atom. The zero-order valence-electron chi connectivity index (χ0n) is 6.66. The molecule has 0 saturated heterocycles. The van der Waals surface area contributed by atoms with E-state index < -0.39 is 0 Å². The minimum atomic E-state index is 0.250. The fourth-order valence-electron chi connectivity index (χ4n) is 0.567. The van der Waals surface area contributed by atoms with E-state index in [9.17, 15) is 0 Å². The Kier molecular flexibility index (Phi) is 6.66. The summed E-state index contributed by atoms with van der Waals surface area (Å²) in [6.07, 6.45) is 0. The molecule has 0 heterocycles. The van der Waals surface area contributed by atoms with Gasteiger partial charge in [0.1, 0.15) is 0 Å². The molecule has 0 amide bonds. The lowest BCUT2D eigenvalue weighted by atomic mass is 10.2. The molecular formula is C8H12ClN2S+. The van der Waals surface area contributed by atoms with Crippen LogP contribution in [0.25, 0.3) is 0 Å². The van der Waals surface area contributed by atoms with Gasteiger partial charge >= 0.3 is 0 Å². The molecule has 0 bridgehead atoms. The fraction of sp³-hybridized carbons (Fsp3) is 0.125. The summed E-state index contributed by atoms with van der Waals surface area (Å²) < 4.78 is 0. The number of thiocarbonyl (C=S) groups is 1. The van der Waals surface area contributed by atoms with Crippen LogP contribution in [0.2, 0.25) is 0 Å². The molecule has 5 N–H and O–H groups in total. The summed E-state index contributed by atoms with van der Waals surface area (Å²) in [6, 6.07) is 9.96. The monoisotopic (exact) mass is 203 g/mol. The van der Waals surface area contributed by atoms with Crippen LogP contribution in [0.4, 0.5) is 0 Å². The molecule has 4 heteroatoms. The molecule has 0 fully saturated rings. The molecule has 66 valence electrons. The summed E-state index contributed by atoms with van der Waals surface area (Å²) in [7, 11) is 0. The highest BCUT2D eigenvalue weighted by molar-refractivity contribution is 7.79. The third-order valence-electron chi connectivity index (χ3n) is 0.997. The number of hydrogen-bond acceptors (Lipinski definition) is 1. The standard InChI is InChI=1S/C7H7Cl.CH4N2S/c8-6-7-4-2-1-3-5-7;2-1(3)4/h1-5H,6H2;(H4,2,3,4)/p+1. The van der Waals surface area contributed by atoms with Crippen molar-refractivity contribution in [2.24, 2.45) is 5.73 Å². The number of benzene rings is 1. The molecule has 0 aliphatic heterocycles. The van der Waals surface area contributed by atoms with Crippen LogP contribution in [0.5, 0.6) is 0 Å². The Hall–Kier alpha value is -0.640. The molecule has 0 aliphatic rings. The van der Waals surface area contributed by atoms with E-state index >= 15 is 0 Å². The molecule has 0 spiro atoms. The fourth-order valence-corrected chi connectivity index (χ4v) is 0.745. The zero-order chi connectivity index (χ0) is 9.40. The van der Waals surface area contributed by atoms with Crippen LogP contribution in [0.1, 0.15) is 5.56 Å². The summed E-state index contributed by atoms with van der Waals surface area (Å²) >= 11 is 9.73. The van der Waals surface area contributed by atoms with Gasteiger partial charge in [0, 0.05) is 18.1 Å². The largest absolute Gasteiger partial charge is 0.345 e. The third kappa shape index (κ3) is 7.47. The number of quaternary nitrogens is 1. The lowest BCUT2D eigenvalue weighted by Gasteiger charge is -1.88. The average molecular weight is 204 g/mol. The van der Waals surface area contributed by atoms with Gasteiger partial charge < -0.3 is 11.5 Å². The van der Waals surface area contributed by atoms with Gasteiger partial charge in [0.15, 0.2) is 0 Å². The molecule has 1 aromatic carbocycles. The molecule has 2 nitrogen and oxygen atoms in total. The Morgan fingerprint density at radius 2 is 1.83 bits per heavy atom. The lowest BCUT2D eigenvalue weighted by molar-refractivity contribution is -0.210. The molecule has 12 heavy (non-hydrogen) atoms. The Balaban J connectivity index is 0.000000261. The van der Waals surface area contributed by atoms with E-state index in [-0.39, 0.29) is 5.11 Å². The molecule has 0 aromatic heterocycles. The molecule has 0 radical (unpaired) electrons. The summed E-state index contributed by atoms with van der Waals surface area (Å²) in [4.78, 5) is 0. The maximum Gasteiger partial charge on any atom is 0.262 e. The molecule has 1 aromatic rings. The molecule has 1 rings (SSSR count). The van der Waals surface area contributed by atoms with Crippen molar-refractivity contribution >= 4 is 28.9 Å². The van der Waals surface area contributed by atoms with E-state index in [1.807, 2.05) is 30.3 Å². The second-order valence-electron chi connectivity index (χ2n) is 2.09. The topological polar surface area (TPSA) is 53.7 Å². The highest BCUT2D eigenvalue weighted by atomic mass is 35.5. The molecule has 0 unspecified atom stereocenters. The van der Waals surface area contributed by atoms with Crippen LogP contribution >= 0.6 is 23.8 Å². The van der Waals surface area contributed by atoms with Crippen molar-refractivity contribution < 1.29 is 5.73 Å². The predicted molar refractivity (Wildman–Crippen MR) is 55.7 cm³/mol. The summed E-state index contributed by atoms with van der Waals surface area (Å²) in [6.45, 7) is 0. The van der Waals surface area contributed by atoms with Gasteiger partial charge in [-0.15, -0.1) is 11.6 Å². The first-order valence-corrected chi connectivity index (χ1v) is 4.32. The van der Waals surface area contributed by atoms with Gasteiger partial charge in [-0.1, -0.05) is 30.3 Å². The highest BCUT2D eigenvalue weighted by Crippen LogP contribution is 2.00. The van der Waals surface area contributed by atoms with Crippen molar-refractivity contribution in [3.63, 3.8) is 0 Å². The van der Waals surface area contributed by atoms with E-state index in [1.165, 1.54) is 5.56 Å². The number of nitrogens with two attached hydrogens (primary N) is 1. The van der Waals surface area contributed by atoms with E-state index in [4.69, 9.17) is 17.3 Å². The van der Waals surface area contributed by atoms with Gasteiger partial charge in [0.2, 0.25) is 0 Å². The number of halogens is 1. The molecule has 0 aliphatic carbocycles. The van der Waals surface area contributed by atoms with Crippen LogP contribution < -0.4 is 11.5 Å². The maximum absolute atomic E-state index is 5.53. The van der Waals surface area contributed by atoms with Gasteiger partial charge in [0.05, 0.1) is 0 Å². The quantitative estimate of drug-likeness (QED) is 0.527. The summed E-state index contributed by atoms with van der Waals surface area (Å²) in [5.74, 6) is 0.612. The maximum atomic E-state index is 5.53. The Labute approximate surface area is 82.5 Å². The molecular weight excluding hydrogens is 192 g/mol. The van der Waals surface area contributed by atoms with Crippen LogP contribution in [0.3, 0.4) is 0 Å². The van der Waals surface area contributed by atoms with Crippen LogP contribution in [0.15, 0.2) is 30.3 Å². The van der Waals surface area contributed by atoms with Gasteiger partial charge in [0.25, 0.3) is 5.11 Å². The van der Waals surface area contributed by atoms with E-state index in [0.29, 0.717) is 5.88 Å². The highest BCUT2D eigenvalue weighted by Gasteiger charge is 1.81. The van der Waals surface area contributed by atoms with Crippen molar-refractivity contribution in [1.29, 1.82) is 0 Å². The van der Waals surface area contributed by atoms with Crippen molar-refractivity contribution in [2.75, 3.05) is 0 Å². The smallest absolute Gasteiger partial charge is 0.262 e. The number of hydrogen-bond donors (Lipinski definition) is 2. The van der Waals surface area contributed by atoms with Crippen molar-refractivity contribution in [3.8, 4) is 0 Å². The first kappa shape index (κ1) is 11.4. The summed E-state index contributed by atoms with van der Waals surface area (Å²) in [5, 5.41) is 0.250. The Bertz CT molecular complexity index is 222. The summed E-state index contributed by atoms with van der Waals surface area (Å²) in [5.41, 5.74) is 9.05. The molecule has 0 atom stereocenters. The first-order valence-electron chi connectivity index (χ1n) is 3.38. The number of rotatable bonds is 1. The van der Waals surface area contributed by atoms with Gasteiger partial charge in [-0.2, -0.15) is 0 Å². The predicted octanol–water partition coefficient (Wildman–Crippen LogP) is 0.897. The van der Waals surface area contributed by atoms with Crippen molar-refractivity contribution in [3.05, 3.63) is 35.9 Å². The first-order chi connectivity index (χ1) is 5.66. The van der Waals surface area contributed by atoms with Gasteiger partial charge in [-0.25, -0.2) is 0 Å². The minimum Gasteiger partial charge on any atom is -0.345 e. The van der Waals surface area contributed by atoms with Crippen LogP contribution in [0, 0.1) is 0 Å². The van der Waals surface area contributed by atoms with Gasteiger partial charge in [-0.05, 0) is 5.56 Å². The van der Waals surface area contributed by atoms with E-state index in [1.54, 1.807) is 0 Å². The Morgan fingerprint density at radius 1 is 1.42 bits per heavy atom. The average Bonchev–Trinajstić information content (AvgIpc) is 2.05. The number of alkyl halides is 1. The van der Waals surface area contributed by atoms with Crippen molar-refractivity contribution in [2.45, 2.75) is 5.88 Å². The van der Waals surface area contributed by atoms with E-state index in [2.05, 4.69) is 18.0 Å².